The zero-order valence-corrected chi connectivity index (χ0v) is 24.6. The fraction of sp³-hybridized carbons (Fsp3) is 0.875. The molecule has 0 aromatic heterocycles. The lowest BCUT2D eigenvalue weighted by Crippen LogP contribution is -2.18. The highest BCUT2D eigenvalue weighted by molar-refractivity contribution is 5.71. The van der Waals surface area contributed by atoms with Crippen LogP contribution in [-0.4, -0.2) is 33.4 Å². The van der Waals surface area contributed by atoms with Gasteiger partial charge in [-0.15, -0.1) is 0 Å². The van der Waals surface area contributed by atoms with Gasteiger partial charge in [-0.3, -0.25) is 4.79 Å². The average molecular weight is 527 g/mol. The molecule has 0 aromatic rings. The summed E-state index contributed by atoms with van der Waals surface area (Å²) in [5.74, 6) is -1.76. The van der Waals surface area contributed by atoms with Gasteiger partial charge in [-0.05, 0) is 38.5 Å². The summed E-state index contributed by atoms with van der Waals surface area (Å²) in [6.07, 6.45) is 32.7. The third-order valence-corrected chi connectivity index (χ3v) is 6.77. The Bertz CT molecular complexity index is 503. The predicted molar refractivity (Wildman–Crippen MR) is 157 cm³/mol. The van der Waals surface area contributed by atoms with Gasteiger partial charge in [0, 0.05) is 6.42 Å². The third-order valence-electron chi connectivity index (χ3n) is 6.77. The van der Waals surface area contributed by atoms with E-state index in [2.05, 4.69) is 26.0 Å². The Morgan fingerprint density at radius 2 is 0.892 bits per heavy atom. The Labute approximate surface area is 229 Å². The molecule has 0 amide bonds. The lowest BCUT2D eigenvalue weighted by molar-refractivity contribution is -0.147. The maximum absolute atomic E-state index is 10.4. The summed E-state index contributed by atoms with van der Waals surface area (Å²) < 4.78 is 0. The summed E-state index contributed by atoms with van der Waals surface area (Å²) in [5.41, 5.74) is 0. The molecule has 0 aliphatic rings. The van der Waals surface area contributed by atoms with Gasteiger partial charge in [0.05, 0.1) is 0 Å². The second-order valence-electron chi connectivity index (χ2n) is 10.6. The first-order valence-electron chi connectivity index (χ1n) is 15.7. The lowest BCUT2D eigenvalue weighted by atomic mass is 10.0. The zero-order valence-electron chi connectivity index (χ0n) is 24.6. The summed E-state index contributed by atoms with van der Waals surface area (Å²) in [6, 6.07) is 0. The van der Waals surface area contributed by atoms with E-state index in [1.54, 1.807) is 0 Å². The molecule has 0 radical (unpaired) electrons. The number of unbranched alkanes of at least 4 members (excludes halogenated alkanes) is 20. The molecule has 1 unspecified atom stereocenters. The van der Waals surface area contributed by atoms with E-state index in [-0.39, 0.29) is 0 Å². The van der Waals surface area contributed by atoms with Crippen molar-refractivity contribution in [1.82, 2.24) is 0 Å². The Balaban J connectivity index is 0. The normalized spacial score (nSPS) is 11.9. The molecular formula is C32H62O5. The molecule has 3 N–H and O–H groups in total. The van der Waals surface area contributed by atoms with Crippen molar-refractivity contribution in [3.8, 4) is 0 Å². The topological polar surface area (TPSA) is 94.8 Å². The van der Waals surface area contributed by atoms with E-state index in [9.17, 15) is 9.59 Å². The molecule has 0 heterocycles. The summed E-state index contributed by atoms with van der Waals surface area (Å²) in [5, 5.41) is 26.1. The minimum Gasteiger partial charge on any atom is -0.481 e. The van der Waals surface area contributed by atoms with Crippen LogP contribution in [0.15, 0.2) is 12.2 Å². The first-order valence-corrected chi connectivity index (χ1v) is 15.7. The lowest BCUT2D eigenvalue weighted by Gasteiger charge is -2.05. The van der Waals surface area contributed by atoms with Gasteiger partial charge in [-0.2, -0.15) is 0 Å². The maximum atomic E-state index is 10.4. The van der Waals surface area contributed by atoms with E-state index in [1.807, 2.05) is 0 Å². The minimum absolute atomic E-state index is 0.331. The standard InChI is InChI=1S/C16H32O3.C16H30O2/c1-2-3-4-5-6-7-8-9-10-11-12-13-14-15(17)16(18)19;1-2-3-4-5-6-7-8-9-10-11-12-13-14-15-16(17)18/h15,17H,2-14H2,1H3,(H,18,19);7-8H,2-6,9-15H2,1H3,(H,17,18)/b;8-7-. The molecule has 0 saturated carbocycles. The van der Waals surface area contributed by atoms with Crippen molar-refractivity contribution < 1.29 is 24.9 Å². The summed E-state index contributed by atoms with van der Waals surface area (Å²) >= 11 is 0. The monoisotopic (exact) mass is 526 g/mol. The van der Waals surface area contributed by atoms with Crippen molar-refractivity contribution in [3.05, 3.63) is 12.2 Å². The van der Waals surface area contributed by atoms with E-state index in [0.717, 1.165) is 25.7 Å². The van der Waals surface area contributed by atoms with Gasteiger partial charge in [0.15, 0.2) is 6.10 Å². The summed E-state index contributed by atoms with van der Waals surface area (Å²) in [6.45, 7) is 4.49. The molecule has 0 aliphatic heterocycles. The van der Waals surface area contributed by atoms with E-state index in [4.69, 9.17) is 15.3 Å². The van der Waals surface area contributed by atoms with E-state index in [1.165, 1.54) is 122 Å². The molecule has 37 heavy (non-hydrogen) atoms. The first kappa shape index (κ1) is 37.8. The Hall–Kier alpha value is -1.36. The summed E-state index contributed by atoms with van der Waals surface area (Å²) in [7, 11) is 0. The number of hydrogen-bond donors (Lipinski definition) is 3. The van der Waals surface area contributed by atoms with Crippen molar-refractivity contribution in [2.24, 2.45) is 0 Å². The van der Waals surface area contributed by atoms with Crippen LogP contribution in [0.4, 0.5) is 0 Å². The van der Waals surface area contributed by atoms with Crippen molar-refractivity contribution >= 4 is 11.9 Å². The fourth-order valence-corrected chi connectivity index (χ4v) is 4.30. The molecule has 220 valence electrons. The Kier molecular flexibility index (Phi) is 33.4. The molecule has 0 fully saturated rings. The van der Waals surface area contributed by atoms with Crippen molar-refractivity contribution in [3.63, 3.8) is 0 Å². The largest absolute Gasteiger partial charge is 0.481 e. The van der Waals surface area contributed by atoms with Gasteiger partial charge in [0.1, 0.15) is 0 Å². The Morgan fingerprint density at radius 1 is 0.541 bits per heavy atom. The summed E-state index contributed by atoms with van der Waals surface area (Å²) in [4.78, 5) is 20.7. The van der Waals surface area contributed by atoms with Crippen LogP contribution in [0.5, 0.6) is 0 Å². The molecule has 0 spiro atoms. The maximum Gasteiger partial charge on any atom is 0.332 e. The van der Waals surface area contributed by atoms with Crippen LogP contribution in [0.2, 0.25) is 0 Å². The number of aliphatic hydroxyl groups is 1. The van der Waals surface area contributed by atoms with E-state index >= 15 is 0 Å². The number of carbonyl (C=O) groups is 2. The SMILES string of the molecule is CCCCCC/C=C\CCCCCCCC(=O)O.CCCCCCCCCCCCCCC(O)C(=O)O. The third kappa shape index (κ3) is 36.9. The molecule has 0 aliphatic carbocycles. The van der Waals surface area contributed by atoms with Crippen LogP contribution in [0.1, 0.15) is 174 Å². The molecule has 5 heteroatoms. The number of carboxylic acid groups (broad SMARTS) is 2. The van der Waals surface area contributed by atoms with Gasteiger partial charge >= 0.3 is 11.9 Å². The van der Waals surface area contributed by atoms with Crippen LogP contribution in [0, 0.1) is 0 Å². The number of carboxylic acids is 2. The van der Waals surface area contributed by atoms with Crippen molar-refractivity contribution in [1.29, 1.82) is 0 Å². The van der Waals surface area contributed by atoms with E-state index in [0.29, 0.717) is 12.8 Å². The van der Waals surface area contributed by atoms with Gasteiger partial charge in [-0.25, -0.2) is 4.79 Å². The molecule has 0 saturated heterocycles. The smallest absolute Gasteiger partial charge is 0.332 e. The molecule has 1 atom stereocenters. The van der Waals surface area contributed by atoms with Gasteiger partial charge in [0.25, 0.3) is 0 Å². The first-order chi connectivity index (χ1) is 18.0. The average Bonchev–Trinajstić information content (AvgIpc) is 2.87. The zero-order chi connectivity index (χ0) is 27.8. The number of aliphatic carboxylic acids is 2. The van der Waals surface area contributed by atoms with Crippen molar-refractivity contribution in [2.75, 3.05) is 0 Å². The number of hydrogen-bond acceptors (Lipinski definition) is 3. The quantitative estimate of drug-likeness (QED) is 0.0731. The van der Waals surface area contributed by atoms with Crippen molar-refractivity contribution in [2.45, 2.75) is 180 Å². The molecule has 0 bridgehead atoms. The van der Waals surface area contributed by atoms with Crippen LogP contribution in [-0.2, 0) is 9.59 Å². The molecular weight excluding hydrogens is 464 g/mol. The second kappa shape index (κ2) is 32.7. The van der Waals surface area contributed by atoms with Gasteiger partial charge < -0.3 is 15.3 Å². The number of aliphatic hydroxyl groups excluding tert-OH is 1. The molecule has 5 nitrogen and oxygen atoms in total. The van der Waals surface area contributed by atoms with Gasteiger partial charge in [-0.1, -0.05) is 142 Å². The highest BCUT2D eigenvalue weighted by atomic mass is 16.4. The van der Waals surface area contributed by atoms with Crippen LogP contribution < -0.4 is 0 Å². The van der Waals surface area contributed by atoms with Gasteiger partial charge in [0.2, 0.25) is 0 Å². The number of allylic oxidation sites excluding steroid dienone is 2. The van der Waals surface area contributed by atoms with Crippen LogP contribution >= 0.6 is 0 Å². The molecule has 0 aromatic carbocycles. The second-order valence-corrected chi connectivity index (χ2v) is 10.6. The highest BCUT2D eigenvalue weighted by Crippen LogP contribution is 2.13. The van der Waals surface area contributed by atoms with Crippen LogP contribution in [0.3, 0.4) is 0 Å². The number of rotatable bonds is 27. The predicted octanol–water partition coefficient (Wildman–Crippen LogP) is 9.85. The Morgan fingerprint density at radius 3 is 1.30 bits per heavy atom. The highest BCUT2D eigenvalue weighted by Gasteiger charge is 2.11. The molecule has 0 rings (SSSR count). The fourth-order valence-electron chi connectivity index (χ4n) is 4.30. The van der Waals surface area contributed by atoms with Crippen LogP contribution in [0.25, 0.3) is 0 Å². The van der Waals surface area contributed by atoms with E-state index < -0.39 is 18.0 Å². The minimum atomic E-state index is -1.16.